The third-order valence-corrected chi connectivity index (χ3v) is 2.52. The van der Waals surface area contributed by atoms with Crippen LogP contribution in [0.4, 0.5) is 0 Å². The fraction of sp³-hybridized carbons (Fsp3) is 0.500. The molecule has 0 fully saturated rings. The van der Waals surface area contributed by atoms with E-state index in [1.165, 1.54) is 10.6 Å². The molecule has 7 heteroatoms. The quantitative estimate of drug-likeness (QED) is 0.227. The minimum atomic E-state index is -0.283. The van der Waals surface area contributed by atoms with Gasteiger partial charge in [-0.1, -0.05) is 5.16 Å². The van der Waals surface area contributed by atoms with E-state index < -0.39 is 0 Å². The average Bonchev–Trinajstić information content (AvgIpc) is 2.43. The van der Waals surface area contributed by atoms with E-state index in [2.05, 4.69) is 5.16 Å². The van der Waals surface area contributed by atoms with E-state index in [0.717, 1.165) is 0 Å². The van der Waals surface area contributed by atoms with Gasteiger partial charge in [-0.15, -0.1) is 0 Å². The number of nitrogens with zero attached hydrogens (tertiary/aromatic N) is 2. The van der Waals surface area contributed by atoms with Gasteiger partial charge >= 0.3 is 0 Å². The van der Waals surface area contributed by atoms with Crippen LogP contribution in [0.1, 0.15) is 12.0 Å². The Kier molecular flexibility index (Phi) is 6.62. The van der Waals surface area contributed by atoms with Crippen LogP contribution in [-0.2, 0) is 16.0 Å². The Hall–Kier alpha value is -1.86. The molecule has 1 rings (SSSR count). The number of nitrogens with two attached hydrogens (primary N) is 1. The van der Waals surface area contributed by atoms with E-state index in [4.69, 9.17) is 20.4 Å². The van der Waals surface area contributed by atoms with Gasteiger partial charge in [0.2, 0.25) is 0 Å². The third-order valence-electron chi connectivity index (χ3n) is 2.52. The van der Waals surface area contributed by atoms with Crippen molar-refractivity contribution in [1.82, 2.24) is 4.57 Å². The van der Waals surface area contributed by atoms with Crippen LogP contribution in [0.2, 0.25) is 0 Å². The molecule has 0 amide bonds. The summed E-state index contributed by atoms with van der Waals surface area (Å²) in [7, 11) is 1.61. The van der Waals surface area contributed by atoms with Crippen molar-refractivity contribution < 1.29 is 14.7 Å². The number of hydrogen-bond acceptors (Lipinski definition) is 5. The minimum absolute atomic E-state index is 0.185. The van der Waals surface area contributed by atoms with Gasteiger partial charge in [-0.3, -0.25) is 4.79 Å². The Bertz CT molecular complexity index is 470. The zero-order valence-corrected chi connectivity index (χ0v) is 10.9. The number of hydrogen-bond donors (Lipinski definition) is 2. The smallest absolute Gasteiger partial charge is 0.261 e. The Morgan fingerprint density at radius 2 is 2.26 bits per heavy atom. The molecule has 0 saturated carbocycles. The topological polar surface area (TPSA) is 99.1 Å². The third kappa shape index (κ3) is 4.72. The van der Waals surface area contributed by atoms with Crippen LogP contribution in [0.5, 0.6) is 0 Å². The van der Waals surface area contributed by atoms with Crippen LogP contribution in [0, 0.1) is 0 Å². The van der Waals surface area contributed by atoms with Gasteiger partial charge in [0.1, 0.15) is 0 Å². The van der Waals surface area contributed by atoms with Gasteiger partial charge in [-0.2, -0.15) is 0 Å². The molecule has 0 atom stereocenters. The van der Waals surface area contributed by atoms with E-state index in [-0.39, 0.29) is 17.0 Å². The first-order chi connectivity index (χ1) is 9.20. The van der Waals surface area contributed by atoms with Crippen LogP contribution in [-0.4, -0.2) is 42.5 Å². The molecule has 3 N–H and O–H groups in total. The lowest BCUT2D eigenvalue weighted by atomic mass is 10.2. The second-order valence-corrected chi connectivity index (χ2v) is 3.86. The molecule has 0 radical (unpaired) electrons. The van der Waals surface area contributed by atoms with Crippen molar-refractivity contribution in [2.24, 2.45) is 10.9 Å². The number of ether oxygens (including phenoxy) is 2. The predicted molar refractivity (Wildman–Crippen MR) is 70.5 cm³/mol. The van der Waals surface area contributed by atoms with Gasteiger partial charge in [0.05, 0.1) is 18.8 Å². The molecule has 0 aliphatic carbocycles. The first-order valence-corrected chi connectivity index (χ1v) is 5.94. The van der Waals surface area contributed by atoms with Crippen LogP contribution in [0.25, 0.3) is 0 Å². The van der Waals surface area contributed by atoms with Crippen molar-refractivity contribution in [2.75, 3.05) is 26.9 Å². The monoisotopic (exact) mass is 269 g/mol. The molecule has 1 aromatic heterocycles. The summed E-state index contributed by atoms with van der Waals surface area (Å²) in [5.41, 5.74) is 5.32. The second kappa shape index (κ2) is 8.28. The Morgan fingerprint density at radius 3 is 2.95 bits per heavy atom. The van der Waals surface area contributed by atoms with Crippen LogP contribution < -0.4 is 11.3 Å². The maximum absolute atomic E-state index is 12.0. The number of amidine groups is 1. The van der Waals surface area contributed by atoms with Gasteiger partial charge in [-0.05, 0) is 18.6 Å². The van der Waals surface area contributed by atoms with Gasteiger partial charge in [0.15, 0.2) is 5.84 Å². The van der Waals surface area contributed by atoms with Crippen molar-refractivity contribution in [3.63, 3.8) is 0 Å². The highest BCUT2D eigenvalue weighted by atomic mass is 16.5. The molecule has 0 aliphatic rings. The lowest BCUT2D eigenvalue weighted by Gasteiger charge is -2.08. The molecule has 0 saturated heterocycles. The summed E-state index contributed by atoms with van der Waals surface area (Å²) < 4.78 is 11.7. The van der Waals surface area contributed by atoms with Crippen molar-refractivity contribution in [1.29, 1.82) is 0 Å². The fourth-order valence-corrected chi connectivity index (χ4v) is 1.54. The molecule has 0 unspecified atom stereocenters. The summed E-state index contributed by atoms with van der Waals surface area (Å²) in [6.45, 7) is 2.15. The summed E-state index contributed by atoms with van der Waals surface area (Å²) in [5.74, 6) is -0.185. The maximum Gasteiger partial charge on any atom is 0.261 e. The Labute approximate surface area is 111 Å². The molecule has 1 heterocycles. The molecular weight excluding hydrogens is 250 g/mol. The number of aromatic nitrogens is 1. The Morgan fingerprint density at radius 1 is 1.47 bits per heavy atom. The number of rotatable bonds is 8. The lowest BCUT2D eigenvalue weighted by Crippen LogP contribution is -2.30. The highest BCUT2D eigenvalue weighted by molar-refractivity contribution is 5.96. The van der Waals surface area contributed by atoms with Gasteiger partial charge in [0.25, 0.3) is 5.56 Å². The van der Waals surface area contributed by atoms with E-state index >= 15 is 0 Å². The SMILES string of the molecule is COCCOCCCn1cccc(/C(N)=N/O)c1=O. The fourth-order valence-electron chi connectivity index (χ4n) is 1.54. The molecule has 1 aromatic rings. The molecular formula is C12H19N3O4. The van der Waals surface area contributed by atoms with Crippen molar-refractivity contribution in [2.45, 2.75) is 13.0 Å². The standard InChI is InChI=1S/C12H19N3O4/c1-18-8-9-19-7-3-6-15-5-2-4-10(12(15)16)11(13)14-17/h2,4-5,17H,3,6-9H2,1H3,(H2,13,14). The van der Waals surface area contributed by atoms with Gasteiger partial charge < -0.3 is 25.0 Å². The normalized spacial score (nSPS) is 11.7. The molecule has 0 aliphatic heterocycles. The van der Waals surface area contributed by atoms with E-state index in [1.807, 2.05) is 0 Å². The zero-order chi connectivity index (χ0) is 14.1. The minimum Gasteiger partial charge on any atom is -0.409 e. The molecule has 106 valence electrons. The first-order valence-electron chi connectivity index (χ1n) is 5.94. The van der Waals surface area contributed by atoms with Gasteiger partial charge in [0, 0.05) is 26.5 Å². The number of aryl methyl sites for hydroxylation is 1. The largest absolute Gasteiger partial charge is 0.409 e. The summed E-state index contributed by atoms with van der Waals surface area (Å²) in [4.78, 5) is 12.0. The van der Waals surface area contributed by atoms with Crippen molar-refractivity contribution >= 4 is 5.84 Å². The summed E-state index contributed by atoms with van der Waals surface area (Å²) >= 11 is 0. The zero-order valence-electron chi connectivity index (χ0n) is 10.9. The van der Waals surface area contributed by atoms with Gasteiger partial charge in [-0.25, -0.2) is 0 Å². The lowest BCUT2D eigenvalue weighted by molar-refractivity contribution is 0.0679. The number of oxime groups is 1. The van der Waals surface area contributed by atoms with E-state index in [9.17, 15) is 4.79 Å². The summed E-state index contributed by atoms with van der Waals surface area (Å²) in [5, 5.41) is 11.4. The second-order valence-electron chi connectivity index (χ2n) is 3.86. The molecule has 0 aromatic carbocycles. The number of methoxy groups -OCH3 is 1. The van der Waals surface area contributed by atoms with Crippen LogP contribution in [0.3, 0.4) is 0 Å². The Balaban J connectivity index is 2.53. The van der Waals surface area contributed by atoms with E-state index in [0.29, 0.717) is 32.8 Å². The summed E-state index contributed by atoms with van der Waals surface area (Å²) in [6, 6.07) is 3.20. The highest BCUT2D eigenvalue weighted by Gasteiger charge is 2.06. The first kappa shape index (κ1) is 15.2. The van der Waals surface area contributed by atoms with Crippen molar-refractivity contribution in [3.05, 3.63) is 34.2 Å². The van der Waals surface area contributed by atoms with Crippen LogP contribution >= 0.6 is 0 Å². The predicted octanol–water partition coefficient (Wildman–Crippen LogP) is -0.00410. The maximum atomic E-state index is 12.0. The van der Waals surface area contributed by atoms with Crippen molar-refractivity contribution in [3.8, 4) is 0 Å². The average molecular weight is 269 g/mol. The summed E-state index contributed by atoms with van der Waals surface area (Å²) in [6.07, 6.45) is 2.36. The van der Waals surface area contributed by atoms with E-state index in [1.54, 1.807) is 19.4 Å². The highest BCUT2D eigenvalue weighted by Crippen LogP contribution is 1.94. The molecule has 0 spiro atoms. The van der Waals surface area contributed by atoms with Crippen LogP contribution in [0.15, 0.2) is 28.3 Å². The number of pyridine rings is 1. The molecule has 0 bridgehead atoms. The molecule has 19 heavy (non-hydrogen) atoms. The molecule has 7 nitrogen and oxygen atoms in total.